The molecule has 0 bridgehead atoms. The van der Waals surface area contributed by atoms with Crippen molar-refractivity contribution in [2.45, 2.75) is 20.3 Å². The number of rotatable bonds is 1. The highest BCUT2D eigenvalue weighted by molar-refractivity contribution is 6.52. The number of aliphatic hydroxyl groups excluding tert-OH is 1. The summed E-state index contributed by atoms with van der Waals surface area (Å²) < 4.78 is 0. The number of carbonyl (C=O) groups is 2. The van der Waals surface area contributed by atoms with Gasteiger partial charge in [-0.25, -0.2) is 0 Å². The molecule has 0 unspecified atom stereocenters. The van der Waals surface area contributed by atoms with Gasteiger partial charge in [0.1, 0.15) is 11.5 Å². The van der Waals surface area contributed by atoms with Crippen LogP contribution in [0.4, 0.5) is 0 Å². The van der Waals surface area contributed by atoms with E-state index in [2.05, 4.69) is 0 Å². The van der Waals surface area contributed by atoms with E-state index >= 15 is 0 Å². The van der Waals surface area contributed by atoms with E-state index in [1.54, 1.807) is 6.92 Å². The third kappa shape index (κ3) is 1.49. The lowest BCUT2D eigenvalue weighted by molar-refractivity contribution is -0.111. The number of hydrogen-bond acceptors (Lipinski definition) is 6. The fourth-order valence-electron chi connectivity index (χ4n) is 2.13. The smallest absolute Gasteiger partial charge is 0.238 e. The summed E-state index contributed by atoms with van der Waals surface area (Å²) in [6.45, 7) is 2.86. The largest absolute Gasteiger partial charge is 0.507 e. The maximum Gasteiger partial charge on any atom is 0.238 e. The van der Waals surface area contributed by atoms with Crippen LogP contribution >= 0.6 is 0 Å². The summed E-state index contributed by atoms with van der Waals surface area (Å²) in [7, 11) is 0. The number of fused-ring (bicyclic) bond motifs is 1. The molecule has 1 aromatic carbocycles. The molecule has 2 rings (SSSR count). The minimum absolute atomic E-state index is 0.00208. The number of hydrogen-bond donors (Lipinski definition) is 4. The lowest BCUT2D eigenvalue weighted by atomic mass is 9.85. The molecule has 0 saturated carbocycles. The fraction of sp³-hybridized carbons (Fsp3) is 0.231. The number of ketones is 2. The molecule has 0 aliphatic heterocycles. The predicted molar refractivity (Wildman–Crippen MR) is 65.4 cm³/mol. The second-order valence-electron chi connectivity index (χ2n) is 4.26. The number of phenolic OH excluding ortho intramolecular Hbond substituents is 3. The summed E-state index contributed by atoms with van der Waals surface area (Å²) in [6.07, 6.45) is 0.174. The Hall–Kier alpha value is -2.50. The van der Waals surface area contributed by atoms with Crippen molar-refractivity contribution in [3.8, 4) is 17.2 Å². The second kappa shape index (κ2) is 4.01. The first kappa shape index (κ1) is 12.9. The van der Waals surface area contributed by atoms with Crippen LogP contribution in [-0.2, 0) is 11.2 Å². The van der Waals surface area contributed by atoms with Gasteiger partial charge in [0.25, 0.3) is 0 Å². The van der Waals surface area contributed by atoms with E-state index < -0.39 is 40.1 Å². The predicted octanol–water partition coefficient (Wildman–Crippen LogP) is 1.42. The molecule has 0 radical (unpaired) electrons. The summed E-state index contributed by atoms with van der Waals surface area (Å²) in [5, 5.41) is 39.4. The third-order valence-electron chi connectivity index (χ3n) is 3.24. The quantitative estimate of drug-likeness (QED) is 0.346. The average Bonchev–Trinajstić information content (AvgIpc) is 2.38. The van der Waals surface area contributed by atoms with Crippen LogP contribution in [0.1, 0.15) is 35.3 Å². The topological polar surface area (TPSA) is 115 Å². The lowest BCUT2D eigenvalue weighted by Gasteiger charge is -2.20. The first-order valence-corrected chi connectivity index (χ1v) is 5.61. The summed E-state index contributed by atoms with van der Waals surface area (Å²) >= 11 is 0. The summed E-state index contributed by atoms with van der Waals surface area (Å²) in [5.74, 6) is -4.60. The van der Waals surface area contributed by atoms with Gasteiger partial charge >= 0.3 is 0 Å². The van der Waals surface area contributed by atoms with E-state index in [1.807, 2.05) is 0 Å². The molecule has 0 spiro atoms. The minimum atomic E-state index is -1.07. The average molecular weight is 264 g/mol. The van der Waals surface area contributed by atoms with Crippen LogP contribution in [0, 0.1) is 0 Å². The van der Waals surface area contributed by atoms with Crippen molar-refractivity contribution in [3.63, 3.8) is 0 Å². The number of aromatic hydroxyl groups is 3. The van der Waals surface area contributed by atoms with Crippen molar-refractivity contribution in [3.05, 3.63) is 22.3 Å². The zero-order valence-electron chi connectivity index (χ0n) is 10.3. The van der Waals surface area contributed by atoms with Gasteiger partial charge in [-0.1, -0.05) is 6.92 Å². The summed E-state index contributed by atoms with van der Waals surface area (Å²) in [5.41, 5.74) is -1.09. The molecule has 6 heteroatoms. The molecule has 1 aliphatic carbocycles. The van der Waals surface area contributed by atoms with E-state index in [9.17, 15) is 30.0 Å². The standard InChI is InChI=1S/C13H12O6/c1-3-5-10(16)6-7(13(19)11(5)17)12(18)9(15)4(2)8(6)14/h14,16-17,19H,3H2,1-2H3. The van der Waals surface area contributed by atoms with Crippen LogP contribution in [0.2, 0.25) is 0 Å². The summed E-state index contributed by atoms with van der Waals surface area (Å²) in [6, 6.07) is 0. The third-order valence-corrected chi connectivity index (χ3v) is 3.24. The van der Waals surface area contributed by atoms with Crippen LogP contribution in [0.5, 0.6) is 17.2 Å². The molecule has 100 valence electrons. The van der Waals surface area contributed by atoms with Crippen molar-refractivity contribution in [2.75, 3.05) is 0 Å². The van der Waals surface area contributed by atoms with Crippen molar-refractivity contribution < 1.29 is 30.0 Å². The van der Waals surface area contributed by atoms with E-state index in [1.165, 1.54) is 6.92 Å². The van der Waals surface area contributed by atoms with Crippen LogP contribution < -0.4 is 0 Å². The molecule has 1 aromatic rings. The number of allylic oxidation sites excluding steroid dienone is 1. The number of carbonyl (C=O) groups excluding carboxylic acids is 2. The Morgan fingerprint density at radius 1 is 0.842 bits per heavy atom. The van der Waals surface area contributed by atoms with Gasteiger partial charge in [-0.3, -0.25) is 9.59 Å². The molecule has 0 fully saturated rings. The second-order valence-corrected chi connectivity index (χ2v) is 4.26. The van der Waals surface area contributed by atoms with Crippen molar-refractivity contribution in [2.24, 2.45) is 0 Å². The van der Waals surface area contributed by atoms with Gasteiger partial charge in [-0.05, 0) is 13.3 Å². The van der Waals surface area contributed by atoms with Gasteiger partial charge in [0.2, 0.25) is 11.6 Å². The Morgan fingerprint density at radius 3 is 1.95 bits per heavy atom. The monoisotopic (exact) mass is 264 g/mol. The Balaban J connectivity index is 2.99. The molecule has 1 aliphatic rings. The summed E-state index contributed by atoms with van der Waals surface area (Å²) in [4.78, 5) is 23.4. The number of benzene rings is 1. The van der Waals surface area contributed by atoms with Crippen molar-refractivity contribution >= 4 is 17.3 Å². The Bertz CT molecular complexity index is 654. The van der Waals surface area contributed by atoms with E-state index in [0.717, 1.165) is 0 Å². The number of phenols is 3. The highest BCUT2D eigenvalue weighted by atomic mass is 16.3. The minimum Gasteiger partial charge on any atom is -0.507 e. The SMILES string of the molecule is CCc1c(O)c(O)c2c(c1O)C(O)=C(C)C(=O)C2=O. The van der Waals surface area contributed by atoms with Gasteiger partial charge in [0.05, 0.1) is 11.1 Å². The van der Waals surface area contributed by atoms with Gasteiger partial charge in [-0.15, -0.1) is 0 Å². The Labute approximate surface area is 108 Å². The van der Waals surface area contributed by atoms with Gasteiger partial charge < -0.3 is 20.4 Å². The van der Waals surface area contributed by atoms with Gasteiger partial charge in [-0.2, -0.15) is 0 Å². The molecule has 6 nitrogen and oxygen atoms in total. The Morgan fingerprint density at radius 2 is 1.42 bits per heavy atom. The normalized spacial score (nSPS) is 14.8. The zero-order chi connectivity index (χ0) is 14.5. The van der Waals surface area contributed by atoms with E-state index in [4.69, 9.17) is 0 Å². The molecule has 0 aromatic heterocycles. The number of aliphatic hydroxyl groups is 1. The number of Topliss-reactive ketones (excluding diaryl/α,β-unsaturated/α-hetero) is 2. The molecular formula is C13H12O6. The molecule has 0 heterocycles. The molecule has 0 amide bonds. The Kier molecular flexibility index (Phi) is 2.73. The van der Waals surface area contributed by atoms with Gasteiger partial charge in [0, 0.05) is 11.1 Å². The zero-order valence-corrected chi connectivity index (χ0v) is 10.3. The van der Waals surface area contributed by atoms with Crippen LogP contribution in [-0.4, -0.2) is 32.0 Å². The van der Waals surface area contributed by atoms with Crippen molar-refractivity contribution in [1.82, 2.24) is 0 Å². The maximum atomic E-state index is 11.8. The molecule has 0 atom stereocenters. The first-order chi connectivity index (χ1) is 8.82. The fourth-order valence-corrected chi connectivity index (χ4v) is 2.13. The first-order valence-electron chi connectivity index (χ1n) is 5.61. The van der Waals surface area contributed by atoms with E-state index in [-0.39, 0.29) is 23.1 Å². The maximum absolute atomic E-state index is 11.8. The van der Waals surface area contributed by atoms with Crippen LogP contribution in [0.25, 0.3) is 5.76 Å². The molecular weight excluding hydrogens is 252 g/mol. The molecule has 0 saturated heterocycles. The highest BCUT2D eigenvalue weighted by Crippen LogP contribution is 2.47. The highest BCUT2D eigenvalue weighted by Gasteiger charge is 2.37. The van der Waals surface area contributed by atoms with Gasteiger partial charge in [0.15, 0.2) is 11.5 Å². The lowest BCUT2D eigenvalue weighted by Crippen LogP contribution is -2.23. The van der Waals surface area contributed by atoms with E-state index in [0.29, 0.717) is 0 Å². The molecule has 19 heavy (non-hydrogen) atoms. The molecule has 4 N–H and O–H groups in total. The van der Waals surface area contributed by atoms with Crippen LogP contribution in [0.3, 0.4) is 0 Å². The van der Waals surface area contributed by atoms with Crippen molar-refractivity contribution in [1.29, 1.82) is 0 Å². The van der Waals surface area contributed by atoms with Crippen LogP contribution in [0.15, 0.2) is 5.57 Å².